The van der Waals surface area contributed by atoms with E-state index in [1.165, 1.54) is 23.1 Å². The third-order valence-electron chi connectivity index (χ3n) is 6.58. The zero-order valence-electron chi connectivity index (χ0n) is 21.2. The first kappa shape index (κ1) is 30.8. The second-order valence-corrected chi connectivity index (χ2v) is 12.9. The Morgan fingerprint density at radius 1 is 1.00 bits per heavy atom. The van der Waals surface area contributed by atoms with Crippen molar-refractivity contribution >= 4 is 73.9 Å². The Kier molecular flexibility index (Phi) is 11.0. The molecule has 0 heterocycles. The van der Waals surface area contributed by atoms with Crippen LogP contribution in [-0.2, 0) is 26.2 Å². The van der Waals surface area contributed by atoms with Crippen LogP contribution in [0.1, 0.15) is 51.0 Å². The summed E-state index contributed by atoms with van der Waals surface area (Å²) in [6.45, 7) is 1.10. The van der Waals surface area contributed by atoms with Gasteiger partial charge in [-0.15, -0.1) is 0 Å². The molecule has 7 nitrogen and oxygen atoms in total. The first-order chi connectivity index (χ1) is 17.9. The number of amides is 2. The van der Waals surface area contributed by atoms with Gasteiger partial charge in [0.25, 0.3) is 0 Å². The van der Waals surface area contributed by atoms with Crippen LogP contribution in [0.4, 0.5) is 5.69 Å². The lowest BCUT2D eigenvalue weighted by Crippen LogP contribution is -2.54. The summed E-state index contributed by atoms with van der Waals surface area (Å²) in [6.07, 6.45) is 6.21. The van der Waals surface area contributed by atoms with E-state index >= 15 is 0 Å². The minimum atomic E-state index is -3.96. The number of hydrogen-bond acceptors (Lipinski definition) is 4. The van der Waals surface area contributed by atoms with Gasteiger partial charge in [-0.3, -0.25) is 13.9 Å². The topological polar surface area (TPSA) is 86.8 Å². The monoisotopic (exact) mass is 621 g/mol. The largest absolute Gasteiger partial charge is 0.352 e. The number of benzene rings is 2. The Morgan fingerprint density at radius 3 is 2.21 bits per heavy atom. The van der Waals surface area contributed by atoms with E-state index in [4.69, 9.17) is 46.4 Å². The molecule has 2 aromatic carbocycles. The van der Waals surface area contributed by atoms with Crippen molar-refractivity contribution < 1.29 is 18.0 Å². The van der Waals surface area contributed by atoms with Crippen molar-refractivity contribution in [3.8, 4) is 0 Å². The minimum Gasteiger partial charge on any atom is -0.352 e. The molecule has 1 N–H and O–H groups in total. The molecule has 0 spiro atoms. The van der Waals surface area contributed by atoms with Crippen molar-refractivity contribution in [1.82, 2.24) is 10.2 Å². The van der Waals surface area contributed by atoms with Crippen LogP contribution in [0.15, 0.2) is 36.4 Å². The van der Waals surface area contributed by atoms with Crippen LogP contribution in [0.5, 0.6) is 0 Å². The van der Waals surface area contributed by atoms with Gasteiger partial charge in [0.1, 0.15) is 12.6 Å². The molecule has 2 aromatic rings. The molecule has 208 valence electrons. The van der Waals surface area contributed by atoms with Crippen LogP contribution in [0.3, 0.4) is 0 Å². The zero-order chi connectivity index (χ0) is 28.0. The second kappa shape index (κ2) is 13.6. The predicted octanol–water partition coefficient (Wildman–Crippen LogP) is 6.32. The lowest BCUT2D eigenvalue weighted by atomic mass is 9.95. The SMILES string of the molecule is CC[C@@H](C(=O)NC1CCCCC1)N(Cc1c(Cl)cccc1Cl)C(=O)CN(c1cc(Cl)ccc1Cl)S(C)(=O)=O. The Balaban J connectivity index is 1.99. The van der Waals surface area contributed by atoms with Gasteiger partial charge in [0.15, 0.2) is 0 Å². The maximum Gasteiger partial charge on any atom is 0.244 e. The molecule has 1 aliphatic rings. The minimum absolute atomic E-state index is 0.0314. The van der Waals surface area contributed by atoms with Crippen molar-refractivity contribution in [3.63, 3.8) is 0 Å². The summed E-state index contributed by atoms with van der Waals surface area (Å²) in [6, 6.07) is 8.46. The molecule has 1 aliphatic carbocycles. The molecular weight excluding hydrogens is 592 g/mol. The number of anilines is 1. The summed E-state index contributed by atoms with van der Waals surface area (Å²) in [5, 5.41) is 4.10. The van der Waals surface area contributed by atoms with Gasteiger partial charge in [0.05, 0.1) is 17.0 Å². The standard InChI is InChI=1S/C26H31Cl4N3O4S/c1-3-23(26(35)31-18-8-5-4-6-9-18)32(15-19-20(28)10-7-11-21(19)29)25(34)16-33(38(2,36)37)24-14-17(27)12-13-22(24)30/h7,10-14,18,23H,3-6,8-9,15-16H2,1-2H3,(H,31,35)/t23-/m0/s1. The summed E-state index contributed by atoms with van der Waals surface area (Å²) in [5.74, 6) is -0.921. The van der Waals surface area contributed by atoms with Gasteiger partial charge < -0.3 is 10.2 Å². The van der Waals surface area contributed by atoms with Crippen molar-refractivity contribution in [2.75, 3.05) is 17.1 Å². The molecule has 0 aliphatic heterocycles. The fourth-order valence-electron chi connectivity index (χ4n) is 4.59. The quantitative estimate of drug-likeness (QED) is 0.336. The van der Waals surface area contributed by atoms with E-state index in [2.05, 4.69) is 5.32 Å². The van der Waals surface area contributed by atoms with E-state index < -0.39 is 28.5 Å². The van der Waals surface area contributed by atoms with E-state index in [1.807, 2.05) is 0 Å². The highest BCUT2D eigenvalue weighted by Gasteiger charge is 2.34. The van der Waals surface area contributed by atoms with Crippen molar-refractivity contribution in [1.29, 1.82) is 0 Å². The average molecular weight is 623 g/mol. The lowest BCUT2D eigenvalue weighted by molar-refractivity contribution is -0.140. The Morgan fingerprint density at radius 2 is 1.63 bits per heavy atom. The molecule has 0 saturated heterocycles. The summed E-state index contributed by atoms with van der Waals surface area (Å²) in [4.78, 5) is 28.7. The van der Waals surface area contributed by atoms with Crippen molar-refractivity contribution in [2.45, 2.75) is 64.1 Å². The van der Waals surface area contributed by atoms with E-state index in [-0.39, 0.29) is 34.2 Å². The second-order valence-electron chi connectivity index (χ2n) is 9.35. The highest BCUT2D eigenvalue weighted by molar-refractivity contribution is 7.92. The molecule has 2 amide bonds. The van der Waals surface area contributed by atoms with Crippen molar-refractivity contribution in [3.05, 3.63) is 62.1 Å². The molecule has 12 heteroatoms. The van der Waals surface area contributed by atoms with Crippen molar-refractivity contribution in [2.24, 2.45) is 0 Å². The molecule has 3 rings (SSSR count). The van der Waals surface area contributed by atoms with Gasteiger partial charge in [0, 0.05) is 33.2 Å². The highest BCUT2D eigenvalue weighted by Crippen LogP contribution is 2.32. The van der Waals surface area contributed by atoms with Crippen LogP contribution < -0.4 is 9.62 Å². The van der Waals surface area contributed by atoms with E-state index in [0.717, 1.165) is 42.7 Å². The predicted molar refractivity (Wildman–Crippen MR) is 155 cm³/mol. The summed E-state index contributed by atoms with van der Waals surface area (Å²) in [5.41, 5.74) is 0.519. The normalized spacial score (nSPS) is 15.1. The van der Waals surface area contributed by atoms with Gasteiger partial charge in [0.2, 0.25) is 21.8 Å². The number of sulfonamides is 1. The van der Waals surface area contributed by atoms with Gasteiger partial charge >= 0.3 is 0 Å². The third kappa shape index (κ3) is 7.92. The smallest absolute Gasteiger partial charge is 0.244 e. The summed E-state index contributed by atoms with van der Waals surface area (Å²) < 4.78 is 26.5. The third-order valence-corrected chi connectivity index (χ3v) is 8.97. The first-order valence-electron chi connectivity index (χ1n) is 12.4. The fourth-order valence-corrected chi connectivity index (χ4v) is 6.40. The number of nitrogens with zero attached hydrogens (tertiary/aromatic N) is 2. The first-order valence-corrected chi connectivity index (χ1v) is 15.7. The lowest BCUT2D eigenvalue weighted by Gasteiger charge is -2.34. The van der Waals surface area contributed by atoms with Crippen LogP contribution in [0, 0.1) is 0 Å². The molecule has 0 unspecified atom stereocenters. The molecule has 38 heavy (non-hydrogen) atoms. The number of hydrogen-bond donors (Lipinski definition) is 1. The zero-order valence-corrected chi connectivity index (χ0v) is 25.1. The fraction of sp³-hybridized carbons (Fsp3) is 0.462. The Hall–Kier alpha value is -1.71. The number of rotatable bonds is 10. The molecule has 0 bridgehead atoms. The molecule has 1 atom stereocenters. The number of nitrogens with one attached hydrogen (secondary N) is 1. The molecule has 1 saturated carbocycles. The number of carbonyl (C=O) groups is 2. The van der Waals surface area contributed by atoms with Gasteiger partial charge in [-0.05, 0) is 49.6 Å². The van der Waals surface area contributed by atoms with Gasteiger partial charge in [-0.1, -0.05) is 78.7 Å². The highest BCUT2D eigenvalue weighted by atomic mass is 35.5. The Labute approximate surface area is 244 Å². The van der Waals surface area contributed by atoms with E-state index in [0.29, 0.717) is 22.0 Å². The average Bonchev–Trinajstić information content (AvgIpc) is 2.85. The molecule has 1 fully saturated rings. The van der Waals surface area contributed by atoms with Crippen LogP contribution >= 0.6 is 46.4 Å². The van der Waals surface area contributed by atoms with Crippen LogP contribution in [0.2, 0.25) is 20.1 Å². The number of halogens is 4. The maximum atomic E-state index is 13.9. The Bertz CT molecular complexity index is 1250. The van der Waals surface area contributed by atoms with Crippen LogP contribution in [-0.4, -0.2) is 50.0 Å². The number of carbonyl (C=O) groups excluding carboxylic acids is 2. The van der Waals surface area contributed by atoms with E-state index in [9.17, 15) is 18.0 Å². The summed E-state index contributed by atoms with van der Waals surface area (Å²) in [7, 11) is -3.96. The van der Waals surface area contributed by atoms with Gasteiger partial charge in [-0.25, -0.2) is 8.42 Å². The summed E-state index contributed by atoms with van der Waals surface area (Å²) >= 11 is 25.2. The van der Waals surface area contributed by atoms with E-state index in [1.54, 1.807) is 25.1 Å². The molecular formula is C26H31Cl4N3O4S. The molecule has 0 radical (unpaired) electrons. The van der Waals surface area contributed by atoms with Crippen LogP contribution in [0.25, 0.3) is 0 Å². The van der Waals surface area contributed by atoms with Gasteiger partial charge in [-0.2, -0.15) is 0 Å². The molecule has 0 aromatic heterocycles. The maximum absolute atomic E-state index is 13.9.